The van der Waals surface area contributed by atoms with E-state index in [1.54, 1.807) is 6.92 Å². The van der Waals surface area contributed by atoms with Crippen molar-refractivity contribution in [2.45, 2.75) is 39.7 Å². The van der Waals surface area contributed by atoms with Gasteiger partial charge in [0.1, 0.15) is 0 Å². The fraction of sp³-hybridized carbons (Fsp3) is 0.500. The minimum absolute atomic E-state index is 0.252. The molecule has 17 heavy (non-hydrogen) atoms. The molecular formula is C14H20O3. The fourth-order valence-corrected chi connectivity index (χ4v) is 1.86. The number of rotatable bonds is 5. The van der Waals surface area contributed by atoms with Gasteiger partial charge in [0.2, 0.25) is 0 Å². The van der Waals surface area contributed by atoms with Crippen molar-refractivity contribution in [1.82, 2.24) is 0 Å². The van der Waals surface area contributed by atoms with E-state index in [-0.39, 0.29) is 12.4 Å². The molecule has 0 aromatic heterocycles. The molecule has 0 amide bonds. The van der Waals surface area contributed by atoms with E-state index < -0.39 is 6.10 Å². The molecule has 1 rings (SSSR count). The maximum Gasteiger partial charge on any atom is 0.305 e. The van der Waals surface area contributed by atoms with Gasteiger partial charge in [0, 0.05) is 6.42 Å². The van der Waals surface area contributed by atoms with E-state index in [4.69, 9.17) is 4.74 Å². The first-order valence-electron chi connectivity index (χ1n) is 5.94. The third kappa shape index (κ3) is 4.57. The van der Waals surface area contributed by atoms with Gasteiger partial charge in [-0.3, -0.25) is 4.79 Å². The highest BCUT2D eigenvalue weighted by molar-refractivity contribution is 5.69. The standard InChI is InChI=1S/C14H20O3/c1-4-17-14(16)6-5-13(15)12-8-10(2)7-11(3)9-12/h7-9,13,15H,4-6H2,1-3H3. The summed E-state index contributed by atoms with van der Waals surface area (Å²) in [6, 6.07) is 5.95. The predicted molar refractivity (Wildman–Crippen MR) is 66.7 cm³/mol. The van der Waals surface area contributed by atoms with Crippen LogP contribution in [-0.4, -0.2) is 17.7 Å². The van der Waals surface area contributed by atoms with Gasteiger partial charge in [-0.15, -0.1) is 0 Å². The molecule has 94 valence electrons. The molecule has 0 saturated heterocycles. The molecule has 1 unspecified atom stereocenters. The van der Waals surface area contributed by atoms with Gasteiger partial charge in [0.25, 0.3) is 0 Å². The van der Waals surface area contributed by atoms with E-state index in [0.717, 1.165) is 16.7 Å². The number of aliphatic hydroxyl groups excluding tert-OH is 1. The number of ether oxygens (including phenoxy) is 1. The Morgan fingerprint density at radius 1 is 1.29 bits per heavy atom. The van der Waals surface area contributed by atoms with Crippen molar-refractivity contribution in [3.05, 3.63) is 34.9 Å². The molecule has 0 radical (unpaired) electrons. The molecule has 1 aromatic carbocycles. The number of aliphatic hydroxyl groups is 1. The van der Waals surface area contributed by atoms with Crippen molar-refractivity contribution in [1.29, 1.82) is 0 Å². The number of benzene rings is 1. The summed E-state index contributed by atoms with van der Waals surface area (Å²) in [6.45, 7) is 6.15. The molecule has 0 bridgehead atoms. The maximum atomic E-state index is 11.2. The zero-order valence-electron chi connectivity index (χ0n) is 10.7. The summed E-state index contributed by atoms with van der Waals surface area (Å²) in [5.74, 6) is -0.254. The molecule has 0 heterocycles. The average molecular weight is 236 g/mol. The number of hydrogen-bond donors (Lipinski definition) is 1. The third-order valence-electron chi connectivity index (χ3n) is 2.56. The third-order valence-corrected chi connectivity index (χ3v) is 2.56. The van der Waals surface area contributed by atoms with Crippen LogP contribution >= 0.6 is 0 Å². The van der Waals surface area contributed by atoms with Crippen molar-refractivity contribution in [3.8, 4) is 0 Å². The Morgan fingerprint density at radius 3 is 2.41 bits per heavy atom. The smallest absolute Gasteiger partial charge is 0.305 e. The van der Waals surface area contributed by atoms with Crippen LogP contribution in [-0.2, 0) is 9.53 Å². The van der Waals surface area contributed by atoms with Crippen molar-refractivity contribution in [2.75, 3.05) is 6.61 Å². The van der Waals surface area contributed by atoms with Gasteiger partial charge in [-0.05, 0) is 32.8 Å². The molecule has 0 fully saturated rings. The molecule has 0 spiro atoms. The molecule has 1 aromatic rings. The van der Waals surface area contributed by atoms with Crippen LogP contribution in [0.15, 0.2) is 18.2 Å². The predicted octanol–water partition coefficient (Wildman–Crippen LogP) is 2.68. The van der Waals surface area contributed by atoms with Crippen molar-refractivity contribution >= 4 is 5.97 Å². The highest BCUT2D eigenvalue weighted by Crippen LogP contribution is 2.21. The maximum absolute atomic E-state index is 11.2. The topological polar surface area (TPSA) is 46.5 Å². The first kappa shape index (κ1) is 13.7. The van der Waals surface area contributed by atoms with Gasteiger partial charge in [-0.25, -0.2) is 0 Å². The Hall–Kier alpha value is -1.35. The Labute approximate surface area is 102 Å². The lowest BCUT2D eigenvalue weighted by atomic mass is 10.0. The van der Waals surface area contributed by atoms with Gasteiger partial charge in [-0.1, -0.05) is 29.3 Å². The van der Waals surface area contributed by atoms with Crippen molar-refractivity contribution in [2.24, 2.45) is 0 Å². The van der Waals surface area contributed by atoms with E-state index in [0.29, 0.717) is 13.0 Å². The first-order valence-corrected chi connectivity index (χ1v) is 5.94. The van der Waals surface area contributed by atoms with E-state index >= 15 is 0 Å². The number of carbonyl (C=O) groups excluding carboxylic acids is 1. The first-order chi connectivity index (χ1) is 8.02. The van der Waals surface area contributed by atoms with E-state index in [1.165, 1.54) is 0 Å². The molecular weight excluding hydrogens is 216 g/mol. The summed E-state index contributed by atoms with van der Waals surface area (Å²) >= 11 is 0. The second-order valence-electron chi connectivity index (χ2n) is 4.28. The molecule has 0 saturated carbocycles. The highest BCUT2D eigenvalue weighted by atomic mass is 16.5. The van der Waals surface area contributed by atoms with Crippen molar-refractivity contribution < 1.29 is 14.6 Å². The Balaban J connectivity index is 2.57. The molecule has 0 aliphatic heterocycles. The monoisotopic (exact) mass is 236 g/mol. The molecule has 3 nitrogen and oxygen atoms in total. The Morgan fingerprint density at radius 2 is 1.88 bits per heavy atom. The normalized spacial score (nSPS) is 12.2. The molecule has 1 N–H and O–H groups in total. The van der Waals surface area contributed by atoms with Gasteiger partial charge >= 0.3 is 5.97 Å². The number of hydrogen-bond acceptors (Lipinski definition) is 3. The molecule has 3 heteroatoms. The minimum Gasteiger partial charge on any atom is -0.466 e. The second kappa shape index (κ2) is 6.40. The average Bonchev–Trinajstić information content (AvgIpc) is 2.25. The summed E-state index contributed by atoms with van der Waals surface area (Å²) in [5, 5.41) is 9.98. The largest absolute Gasteiger partial charge is 0.466 e. The van der Waals surface area contributed by atoms with Crippen LogP contribution < -0.4 is 0 Å². The number of aryl methyl sites for hydroxylation is 2. The fourth-order valence-electron chi connectivity index (χ4n) is 1.86. The van der Waals surface area contributed by atoms with Gasteiger partial charge < -0.3 is 9.84 Å². The van der Waals surface area contributed by atoms with Crippen LogP contribution in [0.4, 0.5) is 0 Å². The van der Waals surface area contributed by atoms with E-state index in [1.807, 2.05) is 26.0 Å². The number of esters is 1. The van der Waals surface area contributed by atoms with Crippen LogP contribution in [0.3, 0.4) is 0 Å². The SMILES string of the molecule is CCOC(=O)CCC(O)c1cc(C)cc(C)c1. The van der Waals surface area contributed by atoms with Crippen LogP contribution in [0.25, 0.3) is 0 Å². The summed E-state index contributed by atoms with van der Waals surface area (Å²) in [5.41, 5.74) is 3.11. The highest BCUT2D eigenvalue weighted by Gasteiger charge is 2.11. The zero-order valence-corrected chi connectivity index (χ0v) is 10.7. The Kier molecular flexibility index (Phi) is 5.16. The quantitative estimate of drug-likeness (QED) is 0.799. The zero-order chi connectivity index (χ0) is 12.8. The van der Waals surface area contributed by atoms with Gasteiger partial charge in [0.05, 0.1) is 12.7 Å². The van der Waals surface area contributed by atoms with Crippen LogP contribution in [0, 0.1) is 13.8 Å². The molecule has 1 atom stereocenters. The summed E-state index contributed by atoms with van der Waals surface area (Å²) in [7, 11) is 0. The second-order valence-corrected chi connectivity index (χ2v) is 4.28. The summed E-state index contributed by atoms with van der Waals surface area (Å²) < 4.78 is 4.83. The lowest BCUT2D eigenvalue weighted by Gasteiger charge is -2.12. The van der Waals surface area contributed by atoms with Gasteiger partial charge in [-0.2, -0.15) is 0 Å². The number of carbonyl (C=O) groups is 1. The van der Waals surface area contributed by atoms with Crippen LogP contribution in [0.2, 0.25) is 0 Å². The van der Waals surface area contributed by atoms with Crippen LogP contribution in [0.1, 0.15) is 42.6 Å². The van der Waals surface area contributed by atoms with E-state index in [2.05, 4.69) is 6.07 Å². The van der Waals surface area contributed by atoms with Crippen molar-refractivity contribution in [3.63, 3.8) is 0 Å². The molecule has 0 aliphatic rings. The molecule has 0 aliphatic carbocycles. The Bertz CT molecular complexity index is 365. The van der Waals surface area contributed by atoms with E-state index in [9.17, 15) is 9.90 Å². The van der Waals surface area contributed by atoms with Gasteiger partial charge in [0.15, 0.2) is 0 Å². The lowest BCUT2D eigenvalue weighted by Crippen LogP contribution is -2.07. The minimum atomic E-state index is -0.599. The van der Waals surface area contributed by atoms with Crippen LogP contribution in [0.5, 0.6) is 0 Å². The lowest BCUT2D eigenvalue weighted by molar-refractivity contribution is -0.143. The summed E-state index contributed by atoms with van der Waals surface area (Å²) in [4.78, 5) is 11.2. The summed E-state index contributed by atoms with van der Waals surface area (Å²) in [6.07, 6.45) is 0.0574.